The van der Waals surface area contributed by atoms with E-state index in [9.17, 15) is 4.79 Å². The first-order valence-corrected chi connectivity index (χ1v) is 7.78. The Morgan fingerprint density at radius 3 is 2.90 bits per heavy atom. The Kier molecular flexibility index (Phi) is 3.06. The van der Waals surface area contributed by atoms with Crippen molar-refractivity contribution in [2.45, 2.75) is 19.4 Å². The zero-order valence-corrected chi connectivity index (χ0v) is 12.0. The summed E-state index contributed by atoms with van der Waals surface area (Å²) < 4.78 is 2.02. The van der Waals surface area contributed by atoms with Gasteiger partial charge in [-0.2, -0.15) is 0 Å². The van der Waals surface area contributed by atoms with Crippen molar-refractivity contribution < 1.29 is 4.79 Å². The minimum Gasteiger partial charge on any atom is -0.354 e. The average molecular weight is 280 g/mol. The standard InChI is InChI=1S/C18H20N2O/c21-18(19-11-16-10-13-5-6-15(16)9-13)12-20-8-7-14-3-1-2-4-17(14)20/h1-8,13,15-16H,9-12H2,(H,19,21)/t13-,15+,16+/m1/s1. The number of hydrogen-bond donors (Lipinski definition) is 1. The summed E-state index contributed by atoms with van der Waals surface area (Å²) in [5, 5.41) is 4.30. The normalized spacial score (nSPS) is 26.6. The minimum absolute atomic E-state index is 0.114. The van der Waals surface area contributed by atoms with Crippen LogP contribution in [0, 0.1) is 17.8 Å². The fourth-order valence-electron chi connectivity index (χ4n) is 3.86. The first kappa shape index (κ1) is 12.7. The predicted octanol–water partition coefficient (Wildman–Crippen LogP) is 2.97. The Hall–Kier alpha value is -2.03. The fraction of sp³-hybridized carbons (Fsp3) is 0.389. The van der Waals surface area contributed by atoms with Gasteiger partial charge in [-0.05, 0) is 48.1 Å². The molecular weight excluding hydrogens is 260 g/mol. The second kappa shape index (κ2) is 5.06. The number of rotatable bonds is 4. The fourth-order valence-corrected chi connectivity index (χ4v) is 3.86. The maximum absolute atomic E-state index is 12.2. The van der Waals surface area contributed by atoms with Crippen LogP contribution in [0.25, 0.3) is 10.9 Å². The van der Waals surface area contributed by atoms with E-state index in [1.165, 1.54) is 18.2 Å². The van der Waals surface area contributed by atoms with Gasteiger partial charge in [-0.25, -0.2) is 0 Å². The summed E-state index contributed by atoms with van der Waals surface area (Å²) in [6.07, 6.45) is 9.21. The number of hydrogen-bond acceptors (Lipinski definition) is 1. The Morgan fingerprint density at radius 1 is 1.19 bits per heavy atom. The largest absolute Gasteiger partial charge is 0.354 e. The molecule has 2 aromatic rings. The molecule has 0 aliphatic heterocycles. The van der Waals surface area contributed by atoms with E-state index >= 15 is 0 Å². The summed E-state index contributed by atoms with van der Waals surface area (Å²) in [7, 11) is 0. The molecule has 3 nitrogen and oxygen atoms in total. The maximum atomic E-state index is 12.2. The number of carbonyl (C=O) groups is 1. The third-order valence-electron chi connectivity index (χ3n) is 4.97. The maximum Gasteiger partial charge on any atom is 0.239 e. The van der Waals surface area contributed by atoms with Crippen LogP contribution in [0.1, 0.15) is 12.8 Å². The van der Waals surface area contributed by atoms with Crippen LogP contribution in [-0.4, -0.2) is 17.0 Å². The molecule has 1 saturated carbocycles. The van der Waals surface area contributed by atoms with Gasteiger partial charge < -0.3 is 9.88 Å². The second-order valence-electron chi connectivity index (χ2n) is 6.35. The smallest absolute Gasteiger partial charge is 0.239 e. The van der Waals surface area contributed by atoms with E-state index in [2.05, 4.69) is 35.7 Å². The second-order valence-corrected chi connectivity index (χ2v) is 6.35. The summed E-state index contributed by atoms with van der Waals surface area (Å²) in [4.78, 5) is 12.2. The highest BCUT2D eigenvalue weighted by Crippen LogP contribution is 2.42. The third-order valence-corrected chi connectivity index (χ3v) is 4.97. The quantitative estimate of drug-likeness (QED) is 0.858. The SMILES string of the molecule is O=C(Cn1ccc2ccccc21)NC[C@@H]1C[C@@H]2C=C[C@H]1C2. The molecule has 1 N–H and O–H groups in total. The number of nitrogens with one attached hydrogen (secondary N) is 1. The Labute approximate surface area is 124 Å². The van der Waals surface area contributed by atoms with E-state index in [1.807, 2.05) is 22.9 Å². The minimum atomic E-state index is 0.114. The molecule has 108 valence electrons. The molecular formula is C18H20N2O. The number of fused-ring (bicyclic) bond motifs is 3. The van der Waals surface area contributed by atoms with E-state index < -0.39 is 0 Å². The molecule has 3 atom stereocenters. The van der Waals surface area contributed by atoms with Crippen LogP contribution in [0.15, 0.2) is 48.7 Å². The summed E-state index contributed by atoms with van der Waals surface area (Å²) in [6, 6.07) is 10.2. The molecule has 1 aromatic heterocycles. The zero-order valence-electron chi connectivity index (χ0n) is 12.0. The first-order chi connectivity index (χ1) is 10.3. The van der Waals surface area contributed by atoms with Crippen LogP contribution in [-0.2, 0) is 11.3 Å². The summed E-state index contributed by atoms with van der Waals surface area (Å²) in [6.45, 7) is 1.23. The molecule has 0 spiro atoms. The molecule has 0 unspecified atom stereocenters. The van der Waals surface area contributed by atoms with Crippen molar-refractivity contribution >= 4 is 16.8 Å². The van der Waals surface area contributed by atoms with Gasteiger partial charge in [0.25, 0.3) is 0 Å². The molecule has 2 bridgehead atoms. The molecule has 4 rings (SSSR count). The van der Waals surface area contributed by atoms with Gasteiger partial charge in [0.1, 0.15) is 6.54 Å². The lowest BCUT2D eigenvalue weighted by Crippen LogP contribution is -2.33. The molecule has 3 heteroatoms. The van der Waals surface area contributed by atoms with Crippen LogP contribution >= 0.6 is 0 Å². The van der Waals surface area contributed by atoms with Crippen molar-refractivity contribution in [1.82, 2.24) is 9.88 Å². The van der Waals surface area contributed by atoms with Gasteiger partial charge in [0.15, 0.2) is 0 Å². The lowest BCUT2D eigenvalue weighted by atomic mass is 9.94. The highest BCUT2D eigenvalue weighted by atomic mass is 16.1. The number of nitrogens with zero attached hydrogens (tertiary/aromatic N) is 1. The van der Waals surface area contributed by atoms with Crippen molar-refractivity contribution in [3.8, 4) is 0 Å². The molecule has 2 aliphatic carbocycles. The topological polar surface area (TPSA) is 34.0 Å². The number of para-hydroxylation sites is 1. The number of aromatic nitrogens is 1. The molecule has 0 radical (unpaired) electrons. The van der Waals surface area contributed by atoms with Crippen molar-refractivity contribution in [3.63, 3.8) is 0 Å². The number of allylic oxidation sites excluding steroid dienone is 2. The number of amides is 1. The molecule has 1 heterocycles. The number of benzene rings is 1. The molecule has 1 fully saturated rings. The van der Waals surface area contributed by atoms with E-state index in [-0.39, 0.29) is 5.91 Å². The van der Waals surface area contributed by atoms with Gasteiger partial charge in [-0.3, -0.25) is 4.79 Å². The van der Waals surface area contributed by atoms with Crippen LogP contribution in [0.4, 0.5) is 0 Å². The Balaban J connectivity index is 1.37. The van der Waals surface area contributed by atoms with Crippen LogP contribution in [0.5, 0.6) is 0 Å². The lowest BCUT2D eigenvalue weighted by Gasteiger charge is -2.18. The summed E-state index contributed by atoms with van der Waals surface area (Å²) in [5.41, 5.74) is 1.12. The monoisotopic (exact) mass is 280 g/mol. The van der Waals surface area contributed by atoms with Crippen molar-refractivity contribution in [2.75, 3.05) is 6.54 Å². The third kappa shape index (κ3) is 2.37. The highest BCUT2D eigenvalue weighted by molar-refractivity contribution is 5.83. The van der Waals surface area contributed by atoms with Gasteiger partial charge in [-0.15, -0.1) is 0 Å². The van der Waals surface area contributed by atoms with Crippen LogP contribution < -0.4 is 5.32 Å². The first-order valence-electron chi connectivity index (χ1n) is 7.78. The summed E-state index contributed by atoms with van der Waals surface area (Å²) >= 11 is 0. The van der Waals surface area contributed by atoms with E-state index in [0.717, 1.165) is 18.0 Å². The van der Waals surface area contributed by atoms with Gasteiger partial charge >= 0.3 is 0 Å². The predicted molar refractivity (Wildman–Crippen MR) is 83.8 cm³/mol. The summed E-state index contributed by atoms with van der Waals surface area (Å²) in [5.74, 6) is 2.22. The van der Waals surface area contributed by atoms with Crippen LogP contribution in [0.2, 0.25) is 0 Å². The molecule has 1 aromatic carbocycles. The molecule has 21 heavy (non-hydrogen) atoms. The van der Waals surface area contributed by atoms with Crippen LogP contribution in [0.3, 0.4) is 0 Å². The van der Waals surface area contributed by atoms with Gasteiger partial charge in [-0.1, -0.05) is 30.4 Å². The molecule has 0 saturated heterocycles. The van der Waals surface area contributed by atoms with E-state index in [4.69, 9.17) is 0 Å². The Bertz CT molecular complexity index is 700. The Morgan fingerprint density at radius 2 is 2.10 bits per heavy atom. The molecule has 1 amide bonds. The zero-order chi connectivity index (χ0) is 14.2. The number of carbonyl (C=O) groups excluding carboxylic acids is 1. The van der Waals surface area contributed by atoms with Crippen molar-refractivity contribution in [3.05, 3.63) is 48.7 Å². The highest BCUT2D eigenvalue weighted by Gasteiger charge is 2.35. The van der Waals surface area contributed by atoms with Gasteiger partial charge in [0.05, 0.1) is 0 Å². The van der Waals surface area contributed by atoms with Gasteiger partial charge in [0, 0.05) is 18.3 Å². The van der Waals surface area contributed by atoms with E-state index in [0.29, 0.717) is 18.4 Å². The average Bonchev–Trinajstić information content (AvgIpc) is 3.21. The van der Waals surface area contributed by atoms with Crippen molar-refractivity contribution in [1.29, 1.82) is 0 Å². The van der Waals surface area contributed by atoms with Gasteiger partial charge in [0.2, 0.25) is 5.91 Å². The lowest BCUT2D eigenvalue weighted by molar-refractivity contribution is -0.121. The van der Waals surface area contributed by atoms with E-state index in [1.54, 1.807) is 0 Å². The molecule has 2 aliphatic rings. The van der Waals surface area contributed by atoms with Crippen molar-refractivity contribution in [2.24, 2.45) is 17.8 Å².